The lowest BCUT2D eigenvalue weighted by molar-refractivity contribution is -0.0628. The summed E-state index contributed by atoms with van der Waals surface area (Å²) >= 11 is 6.04. The van der Waals surface area contributed by atoms with Crippen molar-refractivity contribution in [1.29, 1.82) is 0 Å². The highest BCUT2D eigenvalue weighted by Crippen LogP contribution is 2.32. The summed E-state index contributed by atoms with van der Waals surface area (Å²) < 4.78 is 13.1. The molecule has 0 unspecified atom stereocenters. The highest BCUT2D eigenvalue weighted by molar-refractivity contribution is 6.31. The fraction of sp³-hybridized carbons (Fsp3) is 0.438. The lowest BCUT2D eigenvalue weighted by atomic mass is 9.99. The van der Waals surface area contributed by atoms with E-state index < -0.39 is 0 Å². The number of fused-ring (bicyclic) bond motifs is 3. The Morgan fingerprint density at radius 1 is 1.46 bits per heavy atom. The Morgan fingerprint density at radius 2 is 2.33 bits per heavy atom. The van der Waals surface area contributed by atoms with Gasteiger partial charge in [-0.1, -0.05) is 16.8 Å². The molecule has 1 fully saturated rings. The number of carbonyl (C=O) groups is 1. The van der Waals surface area contributed by atoms with Crippen molar-refractivity contribution >= 4 is 17.5 Å². The first-order chi connectivity index (χ1) is 11.7. The maximum atomic E-state index is 12.9. The lowest BCUT2D eigenvalue weighted by Crippen LogP contribution is -2.50. The van der Waals surface area contributed by atoms with E-state index in [2.05, 4.69) is 10.3 Å². The molecule has 1 amide bonds. The molecule has 2 aliphatic rings. The minimum absolute atomic E-state index is 0.0814. The maximum absolute atomic E-state index is 12.9. The van der Waals surface area contributed by atoms with Gasteiger partial charge >= 0.3 is 0 Å². The molecule has 0 aliphatic carbocycles. The molecule has 2 atom stereocenters. The molecular formula is C16H17ClN4O3. The molecule has 0 bridgehead atoms. The maximum Gasteiger partial charge on any atom is 0.257 e. The first-order valence-electron chi connectivity index (χ1n) is 7.81. The van der Waals surface area contributed by atoms with E-state index in [-0.39, 0.29) is 18.1 Å². The van der Waals surface area contributed by atoms with Gasteiger partial charge in [-0.15, -0.1) is 5.10 Å². The summed E-state index contributed by atoms with van der Waals surface area (Å²) in [5, 5.41) is 8.61. The molecule has 0 spiro atoms. The summed E-state index contributed by atoms with van der Waals surface area (Å²) in [6, 6.07) is 5.19. The van der Waals surface area contributed by atoms with Crippen LogP contribution in [0.15, 0.2) is 24.4 Å². The van der Waals surface area contributed by atoms with Crippen LogP contribution < -0.4 is 4.74 Å². The number of carbonyl (C=O) groups excluding carboxylic acids is 1. The van der Waals surface area contributed by atoms with Crippen LogP contribution in [-0.2, 0) is 11.3 Å². The first-order valence-corrected chi connectivity index (χ1v) is 8.18. The second-order valence-electron chi connectivity index (χ2n) is 5.97. The molecule has 0 radical (unpaired) electrons. The van der Waals surface area contributed by atoms with Gasteiger partial charge in [0.2, 0.25) is 0 Å². The van der Waals surface area contributed by atoms with E-state index >= 15 is 0 Å². The minimum Gasteiger partial charge on any atom is -0.496 e. The van der Waals surface area contributed by atoms with Gasteiger partial charge in [-0.3, -0.25) is 4.79 Å². The molecule has 126 valence electrons. The third kappa shape index (κ3) is 2.53. The Bertz CT molecular complexity index is 778. The second kappa shape index (κ2) is 6.07. The van der Waals surface area contributed by atoms with Gasteiger partial charge in [0.25, 0.3) is 5.91 Å². The fourth-order valence-corrected chi connectivity index (χ4v) is 3.56. The molecular weight excluding hydrogens is 332 g/mol. The standard InChI is InChI=1S/C16H17ClN4O3/c1-23-14-3-2-10(17)6-12(14)16(22)20-5-4-13-15(8-20)24-9-11-7-18-19-21(11)13/h2-3,6-7,13,15H,4-5,8-9H2,1H3/t13-,15-/m1/s1. The van der Waals surface area contributed by atoms with Gasteiger partial charge in [0.15, 0.2) is 0 Å². The molecule has 4 rings (SSSR count). The summed E-state index contributed by atoms with van der Waals surface area (Å²) in [6.07, 6.45) is 2.42. The van der Waals surface area contributed by atoms with Crippen LogP contribution in [0.5, 0.6) is 5.75 Å². The van der Waals surface area contributed by atoms with Gasteiger partial charge in [0.1, 0.15) is 5.75 Å². The zero-order chi connectivity index (χ0) is 16.7. The van der Waals surface area contributed by atoms with E-state index in [9.17, 15) is 4.79 Å². The zero-order valence-corrected chi connectivity index (χ0v) is 13.9. The van der Waals surface area contributed by atoms with E-state index in [1.165, 1.54) is 0 Å². The van der Waals surface area contributed by atoms with Crippen molar-refractivity contribution < 1.29 is 14.3 Å². The Hall–Kier alpha value is -2.12. The van der Waals surface area contributed by atoms with E-state index in [1.807, 2.05) is 4.68 Å². The van der Waals surface area contributed by atoms with Crippen molar-refractivity contribution in [1.82, 2.24) is 19.9 Å². The Kier molecular flexibility index (Phi) is 3.90. The molecule has 8 heteroatoms. The predicted octanol–water partition coefficient (Wildman–Crippen LogP) is 1.93. The van der Waals surface area contributed by atoms with Gasteiger partial charge in [0.05, 0.1) is 43.3 Å². The molecule has 2 aromatic rings. The number of halogens is 1. The molecule has 3 heterocycles. The number of rotatable bonds is 2. The van der Waals surface area contributed by atoms with Gasteiger partial charge in [0, 0.05) is 18.1 Å². The van der Waals surface area contributed by atoms with Crippen molar-refractivity contribution in [3.63, 3.8) is 0 Å². The molecule has 0 N–H and O–H groups in total. The predicted molar refractivity (Wildman–Crippen MR) is 86.2 cm³/mol. The van der Waals surface area contributed by atoms with Crippen LogP contribution in [0, 0.1) is 0 Å². The summed E-state index contributed by atoms with van der Waals surface area (Å²) in [5.74, 6) is 0.426. The van der Waals surface area contributed by atoms with Crippen molar-refractivity contribution in [2.75, 3.05) is 20.2 Å². The number of hydrogen-bond donors (Lipinski definition) is 0. The minimum atomic E-state index is -0.0965. The molecule has 1 aromatic carbocycles. The molecule has 1 aromatic heterocycles. The van der Waals surface area contributed by atoms with Gasteiger partial charge in [-0.25, -0.2) is 4.68 Å². The number of aromatic nitrogens is 3. The highest BCUT2D eigenvalue weighted by Gasteiger charge is 2.38. The second-order valence-corrected chi connectivity index (χ2v) is 6.41. The number of hydrogen-bond acceptors (Lipinski definition) is 5. The zero-order valence-electron chi connectivity index (χ0n) is 13.2. The molecule has 2 aliphatic heterocycles. The molecule has 0 saturated carbocycles. The number of likely N-dealkylation sites (tertiary alicyclic amines) is 1. The summed E-state index contributed by atoms with van der Waals surface area (Å²) in [5.41, 5.74) is 1.45. The van der Waals surface area contributed by atoms with E-state index in [1.54, 1.807) is 36.4 Å². The van der Waals surface area contributed by atoms with Crippen LogP contribution >= 0.6 is 11.6 Å². The third-order valence-electron chi connectivity index (χ3n) is 4.61. The monoisotopic (exact) mass is 348 g/mol. The number of benzene rings is 1. The van der Waals surface area contributed by atoms with Gasteiger partial charge in [-0.2, -0.15) is 0 Å². The summed E-state index contributed by atoms with van der Waals surface area (Å²) in [4.78, 5) is 14.7. The van der Waals surface area contributed by atoms with Crippen LogP contribution in [-0.4, -0.2) is 52.1 Å². The van der Waals surface area contributed by atoms with E-state index in [0.717, 1.165) is 12.1 Å². The van der Waals surface area contributed by atoms with Gasteiger partial charge in [-0.05, 0) is 24.6 Å². The number of amides is 1. The molecule has 1 saturated heterocycles. The highest BCUT2D eigenvalue weighted by atomic mass is 35.5. The Balaban J connectivity index is 1.55. The van der Waals surface area contributed by atoms with Crippen molar-refractivity contribution in [2.24, 2.45) is 0 Å². The normalized spacial score (nSPS) is 22.7. The topological polar surface area (TPSA) is 69.5 Å². The van der Waals surface area contributed by atoms with Crippen molar-refractivity contribution in [2.45, 2.75) is 25.2 Å². The first kappa shape index (κ1) is 15.4. The van der Waals surface area contributed by atoms with Crippen LogP contribution in [0.1, 0.15) is 28.5 Å². The number of piperidine rings is 1. The van der Waals surface area contributed by atoms with Crippen LogP contribution in [0.4, 0.5) is 0 Å². The molecule has 24 heavy (non-hydrogen) atoms. The SMILES string of the molecule is COc1ccc(Cl)cc1C(=O)N1CC[C@@H]2[C@@H](C1)OCc1cnnn12. The van der Waals surface area contributed by atoms with E-state index in [4.69, 9.17) is 21.1 Å². The van der Waals surface area contributed by atoms with Crippen LogP contribution in [0.3, 0.4) is 0 Å². The summed E-state index contributed by atoms with van der Waals surface area (Å²) in [7, 11) is 1.54. The van der Waals surface area contributed by atoms with Crippen molar-refractivity contribution in [3.8, 4) is 5.75 Å². The summed E-state index contributed by atoms with van der Waals surface area (Å²) in [6.45, 7) is 1.60. The quantitative estimate of drug-likeness (QED) is 0.829. The number of ether oxygens (including phenoxy) is 2. The van der Waals surface area contributed by atoms with Crippen LogP contribution in [0.2, 0.25) is 5.02 Å². The lowest BCUT2D eigenvalue weighted by Gasteiger charge is -2.41. The molecule has 7 nitrogen and oxygen atoms in total. The number of methoxy groups -OCH3 is 1. The average molecular weight is 349 g/mol. The van der Waals surface area contributed by atoms with E-state index in [0.29, 0.717) is 36.0 Å². The Morgan fingerprint density at radius 3 is 3.17 bits per heavy atom. The fourth-order valence-electron chi connectivity index (χ4n) is 3.39. The largest absolute Gasteiger partial charge is 0.496 e. The average Bonchev–Trinajstić information content (AvgIpc) is 3.09. The van der Waals surface area contributed by atoms with Crippen LogP contribution in [0.25, 0.3) is 0 Å². The van der Waals surface area contributed by atoms with Crippen molar-refractivity contribution in [3.05, 3.63) is 40.7 Å². The Labute approximate surface area is 144 Å². The number of nitrogens with zero attached hydrogens (tertiary/aromatic N) is 4. The smallest absolute Gasteiger partial charge is 0.257 e. The third-order valence-corrected chi connectivity index (χ3v) is 4.85. The van der Waals surface area contributed by atoms with Gasteiger partial charge < -0.3 is 14.4 Å².